The Morgan fingerprint density at radius 2 is 1.96 bits per heavy atom. The summed E-state index contributed by atoms with van der Waals surface area (Å²) in [7, 11) is 0. The Kier molecular flexibility index (Phi) is 6.31. The molecule has 1 aromatic heterocycles. The highest BCUT2D eigenvalue weighted by Crippen LogP contribution is 2.26. The zero-order chi connectivity index (χ0) is 19.2. The van der Waals surface area contributed by atoms with Crippen LogP contribution in [0.5, 0.6) is 0 Å². The van der Waals surface area contributed by atoms with Gasteiger partial charge in [-0.15, -0.1) is 0 Å². The number of anilines is 3. The third kappa shape index (κ3) is 4.95. The maximum Gasteiger partial charge on any atom is 0.227 e. The molecule has 6 nitrogen and oxygen atoms in total. The molecule has 1 aliphatic heterocycles. The van der Waals surface area contributed by atoms with Gasteiger partial charge in [-0.2, -0.15) is 11.8 Å². The van der Waals surface area contributed by atoms with E-state index in [0.29, 0.717) is 6.54 Å². The van der Waals surface area contributed by atoms with E-state index in [1.165, 1.54) is 12.8 Å². The number of nitrogens with one attached hydrogen (secondary N) is 2. The largest absolute Gasteiger partial charge is 0.366 e. The Balaban J connectivity index is 1.35. The van der Waals surface area contributed by atoms with Crippen molar-refractivity contribution in [2.24, 2.45) is 5.92 Å². The van der Waals surface area contributed by atoms with Crippen LogP contribution in [0.4, 0.5) is 17.3 Å². The molecule has 7 heteroatoms. The van der Waals surface area contributed by atoms with Crippen molar-refractivity contribution in [3.63, 3.8) is 0 Å². The van der Waals surface area contributed by atoms with E-state index in [2.05, 4.69) is 31.6 Å². The van der Waals surface area contributed by atoms with Crippen LogP contribution in [-0.2, 0) is 11.3 Å². The number of rotatable bonds is 6. The van der Waals surface area contributed by atoms with E-state index in [9.17, 15) is 4.79 Å². The van der Waals surface area contributed by atoms with E-state index in [-0.39, 0.29) is 11.8 Å². The molecule has 1 aromatic carbocycles. The summed E-state index contributed by atoms with van der Waals surface area (Å²) >= 11 is 1.99. The Morgan fingerprint density at radius 1 is 1.14 bits per heavy atom. The number of aromatic nitrogens is 2. The van der Waals surface area contributed by atoms with Gasteiger partial charge < -0.3 is 15.5 Å². The average molecular weight is 398 g/mol. The number of benzene rings is 1. The maximum atomic E-state index is 12.3. The number of thioether (sulfide) groups is 1. The molecule has 1 saturated carbocycles. The highest BCUT2D eigenvalue weighted by molar-refractivity contribution is 7.99. The molecule has 28 heavy (non-hydrogen) atoms. The first-order valence-electron chi connectivity index (χ1n) is 10.1. The van der Waals surface area contributed by atoms with Gasteiger partial charge in [0.2, 0.25) is 5.91 Å². The van der Waals surface area contributed by atoms with Crippen LogP contribution in [0.1, 0.15) is 31.2 Å². The van der Waals surface area contributed by atoms with Crippen molar-refractivity contribution in [2.45, 2.75) is 32.2 Å². The number of amides is 1. The van der Waals surface area contributed by atoms with Gasteiger partial charge in [0.15, 0.2) is 0 Å². The Morgan fingerprint density at radius 3 is 2.79 bits per heavy atom. The minimum Gasteiger partial charge on any atom is -0.366 e. The van der Waals surface area contributed by atoms with E-state index < -0.39 is 0 Å². The fraction of sp³-hybridized carbons (Fsp3) is 0.476. The summed E-state index contributed by atoms with van der Waals surface area (Å²) in [6, 6.07) is 10.0. The second kappa shape index (κ2) is 9.28. The van der Waals surface area contributed by atoms with Gasteiger partial charge in [-0.3, -0.25) is 4.79 Å². The predicted molar refractivity (Wildman–Crippen MR) is 116 cm³/mol. The number of carbonyl (C=O) groups excluding carboxylic acids is 1. The molecule has 0 radical (unpaired) electrons. The second-order valence-corrected chi connectivity index (χ2v) is 8.61. The van der Waals surface area contributed by atoms with Crippen LogP contribution in [0, 0.1) is 5.92 Å². The van der Waals surface area contributed by atoms with Crippen LogP contribution in [0.25, 0.3) is 0 Å². The van der Waals surface area contributed by atoms with Gasteiger partial charge in [0, 0.05) is 48.8 Å². The van der Waals surface area contributed by atoms with Gasteiger partial charge in [-0.25, -0.2) is 9.97 Å². The van der Waals surface area contributed by atoms with E-state index in [0.717, 1.165) is 60.3 Å². The van der Waals surface area contributed by atoms with Crippen molar-refractivity contribution in [3.8, 4) is 0 Å². The maximum absolute atomic E-state index is 12.3. The van der Waals surface area contributed by atoms with Crippen molar-refractivity contribution in [3.05, 3.63) is 42.2 Å². The Hall–Kier alpha value is -2.28. The van der Waals surface area contributed by atoms with Crippen molar-refractivity contribution < 1.29 is 4.79 Å². The first-order chi connectivity index (χ1) is 13.8. The lowest BCUT2D eigenvalue weighted by Gasteiger charge is -2.27. The second-order valence-electron chi connectivity index (χ2n) is 7.39. The van der Waals surface area contributed by atoms with Crippen molar-refractivity contribution in [1.82, 2.24) is 9.97 Å². The summed E-state index contributed by atoms with van der Waals surface area (Å²) in [4.78, 5) is 23.4. The molecule has 2 N–H and O–H groups in total. The molecule has 4 rings (SSSR count). The number of hydrogen-bond donors (Lipinski definition) is 2. The molecule has 0 atom stereocenters. The minimum atomic E-state index is 0.155. The van der Waals surface area contributed by atoms with Gasteiger partial charge in [0.1, 0.15) is 18.0 Å². The Labute approximate surface area is 170 Å². The van der Waals surface area contributed by atoms with Crippen molar-refractivity contribution in [1.29, 1.82) is 0 Å². The van der Waals surface area contributed by atoms with E-state index >= 15 is 0 Å². The highest BCUT2D eigenvalue weighted by Gasteiger charge is 2.22. The molecule has 1 saturated heterocycles. The van der Waals surface area contributed by atoms with E-state index in [1.54, 1.807) is 6.33 Å². The average Bonchev–Trinajstić information content (AvgIpc) is 3.29. The molecule has 1 amide bonds. The summed E-state index contributed by atoms with van der Waals surface area (Å²) < 4.78 is 0. The molecule has 0 spiro atoms. The van der Waals surface area contributed by atoms with Crippen LogP contribution >= 0.6 is 11.8 Å². The summed E-state index contributed by atoms with van der Waals surface area (Å²) in [5.74, 6) is 4.43. The normalized spacial score (nSPS) is 17.5. The SMILES string of the molecule is O=C(Nc1cccc(CNc2cc(N3CCSCC3)ncn2)c1)C1CCCC1. The third-order valence-electron chi connectivity index (χ3n) is 5.38. The minimum absolute atomic E-state index is 0.155. The summed E-state index contributed by atoms with van der Waals surface area (Å²) in [5.41, 5.74) is 1.98. The lowest BCUT2D eigenvalue weighted by Crippen LogP contribution is -2.33. The fourth-order valence-electron chi connectivity index (χ4n) is 3.79. The van der Waals surface area contributed by atoms with Crippen LogP contribution in [0.3, 0.4) is 0 Å². The number of hydrogen-bond acceptors (Lipinski definition) is 6. The summed E-state index contributed by atoms with van der Waals surface area (Å²) in [6.07, 6.45) is 5.98. The zero-order valence-electron chi connectivity index (χ0n) is 16.1. The van der Waals surface area contributed by atoms with Gasteiger partial charge in [-0.05, 0) is 30.5 Å². The first kappa shape index (κ1) is 19.1. The van der Waals surface area contributed by atoms with Crippen LogP contribution in [0.15, 0.2) is 36.7 Å². The van der Waals surface area contributed by atoms with Crippen LogP contribution in [-0.4, -0.2) is 40.5 Å². The molecule has 148 valence electrons. The van der Waals surface area contributed by atoms with Crippen LogP contribution in [0.2, 0.25) is 0 Å². The molecular weight excluding hydrogens is 370 g/mol. The number of carbonyl (C=O) groups is 1. The van der Waals surface area contributed by atoms with Crippen molar-refractivity contribution in [2.75, 3.05) is 40.1 Å². The van der Waals surface area contributed by atoms with E-state index in [4.69, 9.17) is 0 Å². The van der Waals surface area contributed by atoms with Gasteiger partial charge in [-0.1, -0.05) is 25.0 Å². The van der Waals surface area contributed by atoms with Crippen LogP contribution < -0.4 is 15.5 Å². The fourth-order valence-corrected chi connectivity index (χ4v) is 4.70. The predicted octanol–water partition coefficient (Wildman–Crippen LogP) is 3.77. The number of nitrogens with zero attached hydrogens (tertiary/aromatic N) is 3. The Bertz CT molecular complexity index is 803. The zero-order valence-corrected chi connectivity index (χ0v) is 16.9. The molecule has 1 aliphatic carbocycles. The molecule has 0 unspecified atom stereocenters. The van der Waals surface area contributed by atoms with Gasteiger partial charge in [0.05, 0.1) is 0 Å². The molecule has 0 bridgehead atoms. The first-order valence-corrected chi connectivity index (χ1v) is 11.2. The molecule has 2 aliphatic rings. The molecule has 2 fully saturated rings. The van der Waals surface area contributed by atoms with Gasteiger partial charge in [0.25, 0.3) is 0 Å². The smallest absolute Gasteiger partial charge is 0.227 e. The standard InChI is InChI=1S/C21H27N5OS/c27-21(17-5-1-2-6-17)25-18-7-3-4-16(12-18)14-22-19-13-20(24-15-23-19)26-8-10-28-11-9-26/h3-4,7,12-13,15,17H,1-2,5-6,8-11,14H2,(H,25,27)(H,22,23,24). The molecule has 2 aromatic rings. The third-order valence-corrected chi connectivity index (χ3v) is 6.32. The topological polar surface area (TPSA) is 70.2 Å². The van der Waals surface area contributed by atoms with Gasteiger partial charge >= 0.3 is 0 Å². The lowest BCUT2D eigenvalue weighted by atomic mass is 10.1. The molecular formula is C21H27N5OS. The summed E-state index contributed by atoms with van der Waals surface area (Å²) in [5, 5.41) is 6.45. The quantitative estimate of drug-likeness (QED) is 0.773. The molecule has 2 heterocycles. The summed E-state index contributed by atoms with van der Waals surface area (Å²) in [6.45, 7) is 2.72. The monoisotopic (exact) mass is 397 g/mol. The van der Waals surface area contributed by atoms with E-state index in [1.807, 2.05) is 36.0 Å². The lowest BCUT2D eigenvalue weighted by molar-refractivity contribution is -0.119. The van der Waals surface area contributed by atoms with Crippen molar-refractivity contribution >= 4 is 35.0 Å². The highest BCUT2D eigenvalue weighted by atomic mass is 32.2.